The molecule has 1 atom stereocenters. The van der Waals surface area contributed by atoms with Crippen molar-refractivity contribution in [2.75, 3.05) is 0 Å². The van der Waals surface area contributed by atoms with Crippen LogP contribution in [0.3, 0.4) is 0 Å². The van der Waals surface area contributed by atoms with E-state index in [9.17, 15) is 4.79 Å². The fourth-order valence-electron chi connectivity index (χ4n) is 3.39. The Morgan fingerprint density at radius 2 is 2.19 bits per heavy atom. The molecular weight excluding hydrogens is 204 g/mol. The Balaban J connectivity index is 1.97. The number of aldehydes is 1. The van der Waals surface area contributed by atoms with Crippen LogP contribution in [0.2, 0.25) is 0 Å². The zero-order valence-corrected chi connectivity index (χ0v) is 9.48. The minimum Gasteiger partial charge on any atom is -0.340 e. The summed E-state index contributed by atoms with van der Waals surface area (Å²) in [7, 11) is 0. The van der Waals surface area contributed by atoms with Gasteiger partial charge in [0, 0.05) is 18.3 Å². The van der Waals surface area contributed by atoms with E-state index in [1.165, 1.54) is 12.8 Å². The van der Waals surface area contributed by atoms with Gasteiger partial charge in [-0.1, -0.05) is 5.16 Å². The molecule has 3 aliphatic carbocycles. The quantitative estimate of drug-likeness (QED) is 0.717. The highest BCUT2D eigenvalue weighted by molar-refractivity contribution is 5.62. The molecular formula is C12H16N2O2. The van der Waals surface area contributed by atoms with Gasteiger partial charge in [-0.05, 0) is 38.0 Å². The van der Waals surface area contributed by atoms with Crippen molar-refractivity contribution in [1.82, 2.24) is 10.1 Å². The van der Waals surface area contributed by atoms with Crippen LogP contribution in [0, 0.1) is 18.3 Å². The third-order valence-electron chi connectivity index (χ3n) is 4.39. The number of carbonyl (C=O) groups is 1. The normalized spacial score (nSPS) is 37.6. The molecule has 4 nitrogen and oxygen atoms in total. The number of nitrogens with zero attached hydrogens (tertiary/aromatic N) is 2. The van der Waals surface area contributed by atoms with Crippen LogP contribution in [0.15, 0.2) is 4.52 Å². The lowest BCUT2D eigenvalue weighted by Gasteiger charge is -2.47. The molecule has 4 rings (SSSR count). The third kappa shape index (κ3) is 1.32. The number of aromatic nitrogens is 2. The van der Waals surface area contributed by atoms with Crippen molar-refractivity contribution in [2.45, 2.75) is 44.9 Å². The fourth-order valence-corrected chi connectivity index (χ4v) is 3.39. The van der Waals surface area contributed by atoms with Crippen molar-refractivity contribution in [2.24, 2.45) is 11.3 Å². The maximum Gasteiger partial charge on any atom is 0.223 e. The number of hydrogen-bond acceptors (Lipinski definition) is 4. The van der Waals surface area contributed by atoms with Crippen LogP contribution < -0.4 is 0 Å². The maximum absolute atomic E-state index is 11.4. The summed E-state index contributed by atoms with van der Waals surface area (Å²) in [6.07, 6.45) is 6.58. The zero-order chi connectivity index (χ0) is 11.2. The molecule has 4 heteroatoms. The van der Waals surface area contributed by atoms with E-state index >= 15 is 0 Å². The van der Waals surface area contributed by atoms with E-state index in [1.807, 2.05) is 0 Å². The van der Waals surface area contributed by atoms with Gasteiger partial charge in [0.15, 0.2) is 5.82 Å². The van der Waals surface area contributed by atoms with E-state index in [0.717, 1.165) is 37.3 Å². The van der Waals surface area contributed by atoms with Crippen molar-refractivity contribution < 1.29 is 9.32 Å². The van der Waals surface area contributed by atoms with Crippen molar-refractivity contribution >= 4 is 6.29 Å². The van der Waals surface area contributed by atoms with Crippen LogP contribution in [0.4, 0.5) is 0 Å². The molecule has 0 saturated heterocycles. The maximum atomic E-state index is 11.4. The highest BCUT2D eigenvalue weighted by atomic mass is 16.5. The van der Waals surface area contributed by atoms with E-state index in [2.05, 4.69) is 10.1 Å². The first-order valence-electron chi connectivity index (χ1n) is 6.00. The summed E-state index contributed by atoms with van der Waals surface area (Å²) in [5.74, 6) is 2.28. The molecule has 1 aromatic heterocycles. The molecule has 3 fully saturated rings. The van der Waals surface area contributed by atoms with Crippen LogP contribution in [0.25, 0.3) is 0 Å². The Morgan fingerprint density at radius 1 is 1.44 bits per heavy atom. The second kappa shape index (κ2) is 3.40. The van der Waals surface area contributed by atoms with Gasteiger partial charge in [0.05, 0.1) is 0 Å². The van der Waals surface area contributed by atoms with Gasteiger partial charge in [-0.25, -0.2) is 0 Å². The summed E-state index contributed by atoms with van der Waals surface area (Å²) in [6, 6.07) is 0. The summed E-state index contributed by atoms with van der Waals surface area (Å²) < 4.78 is 5.04. The van der Waals surface area contributed by atoms with Gasteiger partial charge in [-0.3, -0.25) is 0 Å². The lowest BCUT2D eigenvalue weighted by molar-refractivity contribution is -0.123. The lowest BCUT2D eigenvalue weighted by Crippen LogP contribution is -2.42. The van der Waals surface area contributed by atoms with E-state index in [1.54, 1.807) is 6.92 Å². The molecule has 0 N–H and O–H groups in total. The summed E-state index contributed by atoms with van der Waals surface area (Å²) in [4.78, 5) is 15.8. The molecule has 0 aromatic carbocycles. The first-order valence-corrected chi connectivity index (χ1v) is 6.00. The van der Waals surface area contributed by atoms with E-state index < -0.39 is 0 Å². The molecule has 0 amide bonds. The standard InChI is InChI=1S/C12H16N2O2/c1-8-13-11(14-16-8)10-6-9-2-4-12(10,7-15)5-3-9/h7,9-10H,2-6H2,1H3. The van der Waals surface area contributed by atoms with Gasteiger partial charge in [0.25, 0.3) is 0 Å². The van der Waals surface area contributed by atoms with Crippen molar-refractivity contribution in [3.05, 3.63) is 11.7 Å². The second-order valence-corrected chi connectivity index (χ2v) is 5.25. The summed E-state index contributed by atoms with van der Waals surface area (Å²) >= 11 is 0. The predicted octanol–water partition coefficient (Wildman–Crippen LogP) is 2.24. The molecule has 0 spiro atoms. The molecule has 1 aromatic rings. The Labute approximate surface area is 94.4 Å². The Bertz CT molecular complexity index is 405. The molecule has 3 saturated carbocycles. The number of rotatable bonds is 2. The Morgan fingerprint density at radius 3 is 2.75 bits per heavy atom. The highest BCUT2D eigenvalue weighted by Gasteiger charge is 2.50. The SMILES string of the molecule is Cc1nc(C2CC3CCC2(C=O)CC3)no1. The van der Waals surface area contributed by atoms with Crippen molar-refractivity contribution in [1.29, 1.82) is 0 Å². The number of hydrogen-bond donors (Lipinski definition) is 0. The molecule has 0 radical (unpaired) electrons. The van der Waals surface area contributed by atoms with E-state index in [4.69, 9.17) is 4.52 Å². The number of aryl methyl sites for hydroxylation is 1. The van der Waals surface area contributed by atoms with E-state index in [0.29, 0.717) is 5.89 Å². The molecule has 2 bridgehead atoms. The number of fused-ring (bicyclic) bond motifs is 3. The largest absolute Gasteiger partial charge is 0.340 e. The Hall–Kier alpha value is -1.19. The summed E-state index contributed by atoms with van der Waals surface area (Å²) in [6.45, 7) is 1.80. The van der Waals surface area contributed by atoms with Crippen LogP contribution in [0.5, 0.6) is 0 Å². The van der Waals surface area contributed by atoms with Crippen LogP contribution in [0.1, 0.15) is 49.7 Å². The van der Waals surface area contributed by atoms with Crippen LogP contribution >= 0.6 is 0 Å². The highest BCUT2D eigenvalue weighted by Crippen LogP contribution is 2.56. The minimum absolute atomic E-state index is 0.190. The van der Waals surface area contributed by atoms with Crippen LogP contribution in [-0.4, -0.2) is 16.4 Å². The molecule has 1 heterocycles. The molecule has 86 valence electrons. The van der Waals surface area contributed by atoms with Gasteiger partial charge < -0.3 is 9.32 Å². The van der Waals surface area contributed by atoms with Gasteiger partial charge >= 0.3 is 0 Å². The minimum atomic E-state index is -0.203. The molecule has 3 aliphatic rings. The van der Waals surface area contributed by atoms with Gasteiger partial charge in [0.1, 0.15) is 6.29 Å². The predicted molar refractivity (Wildman–Crippen MR) is 56.8 cm³/mol. The van der Waals surface area contributed by atoms with Crippen LogP contribution in [-0.2, 0) is 4.79 Å². The van der Waals surface area contributed by atoms with Crippen molar-refractivity contribution in [3.8, 4) is 0 Å². The molecule has 1 unspecified atom stereocenters. The number of carbonyl (C=O) groups excluding carboxylic acids is 1. The van der Waals surface area contributed by atoms with Gasteiger partial charge in [0.2, 0.25) is 5.89 Å². The third-order valence-corrected chi connectivity index (χ3v) is 4.39. The topological polar surface area (TPSA) is 56.0 Å². The van der Waals surface area contributed by atoms with E-state index in [-0.39, 0.29) is 11.3 Å². The van der Waals surface area contributed by atoms with Gasteiger partial charge in [-0.2, -0.15) is 4.98 Å². The average Bonchev–Trinajstić information content (AvgIpc) is 2.77. The second-order valence-electron chi connectivity index (χ2n) is 5.25. The molecule has 16 heavy (non-hydrogen) atoms. The monoisotopic (exact) mass is 220 g/mol. The molecule has 0 aliphatic heterocycles. The first-order chi connectivity index (χ1) is 7.73. The smallest absolute Gasteiger partial charge is 0.223 e. The van der Waals surface area contributed by atoms with Crippen molar-refractivity contribution in [3.63, 3.8) is 0 Å². The summed E-state index contributed by atoms with van der Waals surface area (Å²) in [5, 5.41) is 4.01. The first kappa shape index (κ1) is 10.00. The lowest BCUT2D eigenvalue weighted by atomic mass is 9.55. The summed E-state index contributed by atoms with van der Waals surface area (Å²) in [5.41, 5.74) is -0.203. The fraction of sp³-hybridized carbons (Fsp3) is 0.750. The van der Waals surface area contributed by atoms with Gasteiger partial charge in [-0.15, -0.1) is 0 Å². The zero-order valence-electron chi connectivity index (χ0n) is 9.48. The average molecular weight is 220 g/mol. The Kier molecular flexibility index (Phi) is 2.13.